The van der Waals surface area contributed by atoms with E-state index >= 15 is 0 Å². The van der Waals surface area contributed by atoms with Crippen molar-refractivity contribution in [1.29, 1.82) is 0 Å². The molecule has 0 amide bonds. The van der Waals surface area contributed by atoms with E-state index in [0.717, 1.165) is 6.07 Å². The van der Waals surface area contributed by atoms with Gasteiger partial charge in [-0.15, -0.1) is 0 Å². The number of ether oxygens (including phenoxy) is 3. The lowest BCUT2D eigenvalue weighted by Crippen LogP contribution is -1.94. The number of aldehydes is 1. The number of carbonyl (C=O) groups excluding carboxylic acids is 1. The molecule has 0 bridgehead atoms. The summed E-state index contributed by atoms with van der Waals surface area (Å²) in [5.41, 5.74) is -0.0722. The van der Waals surface area contributed by atoms with E-state index in [-0.39, 0.29) is 23.8 Å². The van der Waals surface area contributed by atoms with Gasteiger partial charge in [0.2, 0.25) is 6.79 Å². The number of fused-ring (bicyclic) bond motifs is 1. The van der Waals surface area contributed by atoms with Crippen LogP contribution in [0.5, 0.6) is 23.0 Å². The standard InChI is InChI=1S/C14H9NO6/c16-7-9-5-10(15(17)18)1-3-12(9)21-11-2-4-13-14(6-11)20-8-19-13/h1-7H,8H2. The summed E-state index contributed by atoms with van der Waals surface area (Å²) in [6, 6.07) is 8.78. The fraction of sp³-hybridized carbons (Fsp3) is 0.0714. The van der Waals surface area contributed by atoms with Crippen molar-refractivity contribution in [3.05, 3.63) is 52.1 Å². The molecule has 0 saturated heterocycles. The van der Waals surface area contributed by atoms with Gasteiger partial charge in [-0.3, -0.25) is 14.9 Å². The molecule has 0 aromatic heterocycles. The van der Waals surface area contributed by atoms with Crippen LogP contribution in [0, 0.1) is 10.1 Å². The van der Waals surface area contributed by atoms with E-state index in [2.05, 4.69) is 0 Å². The number of nitro benzene ring substituents is 1. The number of benzene rings is 2. The summed E-state index contributed by atoms with van der Waals surface area (Å²) in [5, 5.41) is 10.7. The van der Waals surface area contributed by atoms with Gasteiger partial charge in [0.25, 0.3) is 5.69 Å². The van der Waals surface area contributed by atoms with Crippen molar-refractivity contribution in [2.75, 3.05) is 6.79 Å². The van der Waals surface area contributed by atoms with Crippen molar-refractivity contribution in [3.8, 4) is 23.0 Å². The SMILES string of the molecule is O=Cc1cc([N+](=O)[O-])ccc1Oc1ccc2c(c1)OCO2. The van der Waals surface area contributed by atoms with E-state index in [0.29, 0.717) is 23.5 Å². The van der Waals surface area contributed by atoms with Crippen LogP contribution in [-0.2, 0) is 0 Å². The summed E-state index contributed by atoms with van der Waals surface area (Å²) in [5.74, 6) is 1.83. The van der Waals surface area contributed by atoms with Gasteiger partial charge >= 0.3 is 0 Å². The molecule has 1 heterocycles. The number of nitrogens with zero attached hydrogens (tertiary/aromatic N) is 1. The molecule has 7 heteroatoms. The van der Waals surface area contributed by atoms with Crippen molar-refractivity contribution in [1.82, 2.24) is 0 Å². The van der Waals surface area contributed by atoms with Crippen LogP contribution in [0.4, 0.5) is 5.69 Å². The largest absolute Gasteiger partial charge is 0.456 e. The zero-order chi connectivity index (χ0) is 14.8. The minimum Gasteiger partial charge on any atom is -0.456 e. The Bertz CT molecular complexity index is 727. The van der Waals surface area contributed by atoms with E-state index in [1.807, 2.05) is 0 Å². The van der Waals surface area contributed by atoms with Crippen LogP contribution in [0.15, 0.2) is 36.4 Å². The molecule has 3 rings (SSSR count). The summed E-state index contributed by atoms with van der Waals surface area (Å²) in [6.45, 7) is 0.149. The Morgan fingerprint density at radius 3 is 2.71 bits per heavy atom. The van der Waals surface area contributed by atoms with Crippen LogP contribution in [0.3, 0.4) is 0 Å². The maximum Gasteiger partial charge on any atom is 0.270 e. The summed E-state index contributed by atoms with van der Waals surface area (Å²) >= 11 is 0. The Balaban J connectivity index is 1.91. The zero-order valence-electron chi connectivity index (χ0n) is 10.6. The predicted octanol–water partition coefficient (Wildman–Crippen LogP) is 2.93. The van der Waals surface area contributed by atoms with Crippen LogP contribution < -0.4 is 14.2 Å². The van der Waals surface area contributed by atoms with Gasteiger partial charge in [0.05, 0.1) is 10.5 Å². The van der Waals surface area contributed by atoms with E-state index in [4.69, 9.17) is 14.2 Å². The van der Waals surface area contributed by atoms with Crippen LogP contribution in [0.25, 0.3) is 0 Å². The number of hydrogen-bond donors (Lipinski definition) is 0. The van der Waals surface area contributed by atoms with Crippen LogP contribution >= 0.6 is 0 Å². The molecule has 2 aromatic carbocycles. The summed E-state index contributed by atoms with van der Waals surface area (Å²) in [6.07, 6.45) is 0.509. The molecule has 1 aliphatic rings. The predicted molar refractivity (Wildman–Crippen MR) is 71.1 cm³/mol. The first-order valence-corrected chi connectivity index (χ1v) is 5.98. The molecule has 21 heavy (non-hydrogen) atoms. The molecule has 0 radical (unpaired) electrons. The first kappa shape index (κ1) is 12.9. The van der Waals surface area contributed by atoms with Crippen LogP contribution in [0.2, 0.25) is 0 Å². The molecule has 0 aliphatic carbocycles. The third kappa shape index (κ3) is 2.48. The van der Waals surface area contributed by atoms with Gasteiger partial charge < -0.3 is 14.2 Å². The quantitative estimate of drug-likeness (QED) is 0.488. The van der Waals surface area contributed by atoms with E-state index in [9.17, 15) is 14.9 Å². The van der Waals surface area contributed by atoms with Crippen molar-refractivity contribution in [3.63, 3.8) is 0 Å². The number of non-ortho nitro benzene ring substituents is 1. The summed E-state index contributed by atoms with van der Waals surface area (Å²) in [7, 11) is 0. The van der Waals surface area contributed by atoms with Gasteiger partial charge in [-0.25, -0.2) is 0 Å². The third-order valence-electron chi connectivity index (χ3n) is 2.90. The summed E-state index contributed by atoms with van der Waals surface area (Å²) < 4.78 is 16.0. The zero-order valence-corrected chi connectivity index (χ0v) is 10.6. The Labute approximate surface area is 118 Å². The average molecular weight is 287 g/mol. The second-order valence-electron chi connectivity index (χ2n) is 4.21. The van der Waals surface area contributed by atoms with Crippen molar-refractivity contribution in [2.24, 2.45) is 0 Å². The van der Waals surface area contributed by atoms with Gasteiger partial charge in [-0.2, -0.15) is 0 Å². The van der Waals surface area contributed by atoms with Crippen LogP contribution in [-0.4, -0.2) is 18.0 Å². The van der Waals surface area contributed by atoms with Crippen molar-refractivity contribution < 1.29 is 23.9 Å². The highest BCUT2D eigenvalue weighted by atomic mass is 16.7. The van der Waals surface area contributed by atoms with Gasteiger partial charge in [0, 0.05) is 18.2 Å². The minimum atomic E-state index is -0.572. The molecule has 0 fully saturated rings. The second kappa shape index (κ2) is 5.12. The van der Waals surface area contributed by atoms with Gasteiger partial charge in [-0.1, -0.05) is 0 Å². The molecule has 0 N–H and O–H groups in total. The molecular formula is C14H9NO6. The normalized spacial score (nSPS) is 12.0. The van der Waals surface area contributed by atoms with Gasteiger partial charge in [-0.05, 0) is 18.2 Å². The van der Waals surface area contributed by atoms with Gasteiger partial charge in [0.1, 0.15) is 11.5 Å². The van der Waals surface area contributed by atoms with Gasteiger partial charge in [0.15, 0.2) is 17.8 Å². The molecule has 0 spiro atoms. The number of hydrogen-bond acceptors (Lipinski definition) is 6. The molecule has 0 saturated carbocycles. The first-order chi connectivity index (χ1) is 10.2. The maximum atomic E-state index is 11.0. The topological polar surface area (TPSA) is 87.9 Å². The highest BCUT2D eigenvalue weighted by Crippen LogP contribution is 2.37. The molecule has 2 aromatic rings. The maximum absolute atomic E-state index is 11.0. The fourth-order valence-corrected chi connectivity index (χ4v) is 1.90. The second-order valence-corrected chi connectivity index (χ2v) is 4.21. The monoisotopic (exact) mass is 287 g/mol. The van der Waals surface area contributed by atoms with E-state index in [1.54, 1.807) is 18.2 Å². The van der Waals surface area contributed by atoms with Crippen LogP contribution in [0.1, 0.15) is 10.4 Å². The lowest BCUT2D eigenvalue weighted by atomic mass is 10.2. The number of nitro groups is 1. The Kier molecular flexibility index (Phi) is 3.15. The summed E-state index contributed by atoms with van der Waals surface area (Å²) in [4.78, 5) is 21.1. The van der Waals surface area contributed by atoms with E-state index in [1.165, 1.54) is 12.1 Å². The number of rotatable bonds is 4. The van der Waals surface area contributed by atoms with Crippen molar-refractivity contribution in [2.45, 2.75) is 0 Å². The molecule has 106 valence electrons. The highest BCUT2D eigenvalue weighted by molar-refractivity contribution is 5.81. The average Bonchev–Trinajstić information content (AvgIpc) is 2.95. The Hall–Kier alpha value is -3.09. The molecule has 0 atom stereocenters. The smallest absolute Gasteiger partial charge is 0.270 e. The Morgan fingerprint density at radius 1 is 1.14 bits per heavy atom. The highest BCUT2D eigenvalue weighted by Gasteiger charge is 2.16. The minimum absolute atomic E-state index is 0.0990. The fourth-order valence-electron chi connectivity index (χ4n) is 1.90. The molecule has 7 nitrogen and oxygen atoms in total. The molecule has 1 aliphatic heterocycles. The molecule has 0 unspecified atom stereocenters. The van der Waals surface area contributed by atoms with Crippen molar-refractivity contribution >= 4 is 12.0 Å². The lowest BCUT2D eigenvalue weighted by Gasteiger charge is -2.08. The van der Waals surface area contributed by atoms with E-state index < -0.39 is 4.92 Å². The first-order valence-electron chi connectivity index (χ1n) is 5.98. The number of carbonyl (C=O) groups is 1. The lowest BCUT2D eigenvalue weighted by molar-refractivity contribution is -0.384. The Morgan fingerprint density at radius 2 is 1.95 bits per heavy atom. The third-order valence-corrected chi connectivity index (χ3v) is 2.90. The molecular weight excluding hydrogens is 278 g/mol.